The van der Waals surface area contributed by atoms with Crippen molar-refractivity contribution in [3.8, 4) is 0 Å². The van der Waals surface area contributed by atoms with Gasteiger partial charge in [-0.05, 0) is 10.6 Å². The second-order valence-electron chi connectivity index (χ2n) is 2.97. The van der Waals surface area contributed by atoms with Crippen molar-refractivity contribution in [2.75, 3.05) is 0 Å². The highest BCUT2D eigenvalue weighted by molar-refractivity contribution is 8.50. The normalized spacial score (nSPS) is 11.4. The minimum absolute atomic E-state index is 0.565. The van der Waals surface area contributed by atoms with Crippen LogP contribution in [0.2, 0.25) is 0 Å². The highest BCUT2D eigenvalue weighted by Crippen LogP contribution is 2.37. The van der Waals surface area contributed by atoms with Crippen molar-refractivity contribution in [3.05, 3.63) is 60.7 Å². The van der Waals surface area contributed by atoms with E-state index in [1.54, 1.807) is 0 Å². The van der Waals surface area contributed by atoms with Crippen LogP contribution in [0.3, 0.4) is 0 Å². The maximum absolute atomic E-state index is 7.58. The minimum atomic E-state index is -0.565. The van der Waals surface area contributed by atoms with Crippen LogP contribution in [0.5, 0.6) is 0 Å². The second kappa shape index (κ2) is 4.63. The monoisotopic (exact) mass is 219 g/mol. The van der Waals surface area contributed by atoms with Gasteiger partial charge >= 0.3 is 0 Å². The van der Waals surface area contributed by atoms with E-state index >= 15 is 0 Å². The lowest BCUT2D eigenvalue weighted by Crippen LogP contribution is -2.06. The van der Waals surface area contributed by atoms with E-state index in [-0.39, 0.29) is 0 Å². The van der Waals surface area contributed by atoms with Crippen molar-refractivity contribution in [2.45, 2.75) is 0 Å². The Kier molecular flexibility index (Phi) is 2.82. The molecule has 0 spiro atoms. The van der Waals surface area contributed by atoms with Crippen molar-refractivity contribution >= 4 is 29.9 Å². The Bertz CT molecular complexity index is 365. The molecule has 2 aromatic carbocycles. The Morgan fingerprint density at radius 1 is 0.786 bits per heavy atom. The first-order valence-electron chi connectivity index (χ1n) is 4.86. The average Bonchev–Trinajstić information content (AvgIpc) is 2.33. The minimum Gasteiger partial charge on any atom is -0.142 e. The Morgan fingerprint density at radius 2 is 1.21 bits per heavy atom. The third-order valence-electron chi connectivity index (χ3n) is 1.98. The molecule has 0 saturated heterocycles. The Labute approximate surface area is 92.0 Å². The largest absolute Gasteiger partial charge is 0.142 e. The molecule has 2 heteroatoms. The molecule has 0 aliphatic rings. The van der Waals surface area contributed by atoms with E-state index in [0.29, 0.717) is 0 Å². The molecule has 0 nitrogen and oxygen atoms in total. The van der Waals surface area contributed by atoms with Crippen molar-refractivity contribution in [1.82, 2.24) is 0 Å². The fraction of sp³-hybridized carbons (Fsp3) is 0. The van der Waals surface area contributed by atoms with Gasteiger partial charge in [-0.1, -0.05) is 60.7 Å². The zero-order chi connectivity index (χ0) is 10.5. The molecule has 0 amide bonds. The molecule has 2 rings (SSSR count). The molecule has 0 aliphatic heterocycles. The number of hydrogen-bond acceptors (Lipinski definition) is 1. The average molecular weight is 219 g/mol. The molecule has 0 aliphatic carbocycles. The van der Waals surface area contributed by atoms with E-state index < -0.39 is 7.12 Å². The van der Waals surface area contributed by atoms with Gasteiger partial charge < -0.3 is 0 Å². The molecule has 14 heavy (non-hydrogen) atoms. The third kappa shape index (κ3) is 2.17. The van der Waals surface area contributed by atoms with Gasteiger partial charge in [-0.15, -0.1) is 12.2 Å². The topological polar surface area (TPSA) is 0 Å². The van der Waals surface area contributed by atoms with Gasteiger partial charge in [-0.25, -0.2) is 0 Å². The lowest BCUT2D eigenvalue weighted by atomic mass is 10.4. The van der Waals surface area contributed by atoms with E-state index in [1.807, 2.05) is 36.4 Å². The van der Waals surface area contributed by atoms with Gasteiger partial charge in [0.2, 0.25) is 0 Å². The van der Waals surface area contributed by atoms with Crippen LogP contribution < -0.4 is 10.6 Å². The van der Waals surface area contributed by atoms with E-state index in [1.165, 1.54) is 22.8 Å². The summed E-state index contributed by atoms with van der Waals surface area (Å²) in [5.41, 5.74) is 0. The highest BCUT2D eigenvalue weighted by Gasteiger charge is 2.06. The fourth-order valence-corrected chi connectivity index (χ4v) is 3.19. The number of rotatable bonds is 3. The molecule has 0 radical (unpaired) electrons. The standard InChI is InChI=1S/C12H11PS/c14-13(11-7-3-1-4-8-11)12-9-5-2-6-10-12/h1-10,14H/i14D. The van der Waals surface area contributed by atoms with Crippen molar-refractivity contribution in [1.29, 1.82) is 1.12 Å². The summed E-state index contributed by atoms with van der Waals surface area (Å²) in [7, 11) is -0.565. The summed E-state index contributed by atoms with van der Waals surface area (Å²) in [5, 5.41) is 2.50. The molecule has 2 aromatic rings. The molecule has 0 atom stereocenters. The number of hydrogen-bond donors (Lipinski definition) is 1. The molecule has 0 bridgehead atoms. The molecular weight excluding hydrogens is 207 g/mol. The maximum atomic E-state index is 7.58. The predicted molar refractivity (Wildman–Crippen MR) is 68.1 cm³/mol. The first-order valence-corrected chi connectivity index (χ1v) is 6.81. The van der Waals surface area contributed by atoms with Crippen LogP contribution in [-0.4, -0.2) is 1.12 Å². The Hall–Kier alpha value is -0.780. The molecule has 0 N–H and O–H groups in total. The highest BCUT2D eigenvalue weighted by atomic mass is 32.7. The van der Waals surface area contributed by atoms with Gasteiger partial charge in [0.1, 0.15) is 1.12 Å². The van der Waals surface area contributed by atoms with Gasteiger partial charge in [-0.2, -0.15) is 0 Å². The van der Waals surface area contributed by atoms with Crippen LogP contribution in [0.25, 0.3) is 0 Å². The van der Waals surface area contributed by atoms with Crippen molar-refractivity contribution < 1.29 is 0 Å². The fourth-order valence-electron chi connectivity index (χ4n) is 1.28. The van der Waals surface area contributed by atoms with Gasteiger partial charge in [0.05, 0.1) is 0 Å². The Morgan fingerprint density at radius 3 is 1.57 bits per heavy atom. The molecule has 0 heterocycles. The summed E-state index contributed by atoms with van der Waals surface area (Å²) in [6.07, 6.45) is 0. The van der Waals surface area contributed by atoms with Crippen molar-refractivity contribution in [2.24, 2.45) is 0 Å². The molecule has 0 fully saturated rings. The number of thiol groups is 1. The van der Waals surface area contributed by atoms with Crippen LogP contribution in [0.1, 0.15) is 0 Å². The maximum Gasteiger partial charge on any atom is 0.108 e. The van der Waals surface area contributed by atoms with E-state index in [9.17, 15) is 0 Å². The van der Waals surface area contributed by atoms with Gasteiger partial charge in [-0.3, -0.25) is 0 Å². The zero-order valence-corrected chi connectivity index (χ0v) is 9.34. The van der Waals surface area contributed by atoms with Crippen LogP contribution in [0.15, 0.2) is 60.7 Å². The van der Waals surface area contributed by atoms with Crippen LogP contribution in [-0.2, 0) is 0 Å². The smallest absolute Gasteiger partial charge is 0.108 e. The quantitative estimate of drug-likeness (QED) is 0.595. The molecule has 0 unspecified atom stereocenters. The first kappa shape index (κ1) is 8.52. The van der Waals surface area contributed by atoms with Crippen LogP contribution >= 0.6 is 19.3 Å². The van der Waals surface area contributed by atoms with E-state index in [2.05, 4.69) is 24.3 Å². The molecule has 0 aromatic heterocycles. The predicted octanol–water partition coefficient (Wildman–Crippen LogP) is 2.96. The lowest BCUT2D eigenvalue weighted by molar-refractivity contribution is 1.76. The summed E-state index contributed by atoms with van der Waals surface area (Å²) in [4.78, 5) is 0. The molecular formula is C12H11PS. The lowest BCUT2D eigenvalue weighted by Gasteiger charge is -2.10. The van der Waals surface area contributed by atoms with Crippen LogP contribution in [0.4, 0.5) is 0 Å². The second-order valence-corrected chi connectivity index (χ2v) is 5.68. The molecule has 70 valence electrons. The van der Waals surface area contributed by atoms with E-state index in [0.717, 1.165) is 0 Å². The zero-order valence-electron chi connectivity index (χ0n) is 8.63. The summed E-state index contributed by atoms with van der Waals surface area (Å²) in [6.45, 7) is 0. The molecule has 0 saturated carbocycles. The van der Waals surface area contributed by atoms with Gasteiger partial charge in [0.15, 0.2) is 0 Å². The SMILES string of the molecule is [2H]SP(c1ccccc1)c1ccccc1. The summed E-state index contributed by atoms with van der Waals surface area (Å²) >= 11 is 1.19. The number of benzene rings is 2. The summed E-state index contributed by atoms with van der Waals surface area (Å²) in [6, 6.07) is 20.5. The van der Waals surface area contributed by atoms with Crippen LogP contribution in [0, 0.1) is 0 Å². The van der Waals surface area contributed by atoms with Gasteiger partial charge in [0.25, 0.3) is 0 Å². The Balaban J connectivity index is 2.34. The summed E-state index contributed by atoms with van der Waals surface area (Å²) in [5.74, 6) is 0. The third-order valence-corrected chi connectivity index (χ3v) is 4.78. The van der Waals surface area contributed by atoms with Gasteiger partial charge in [0, 0.05) is 7.12 Å². The first-order chi connectivity index (χ1) is 7.42. The summed E-state index contributed by atoms with van der Waals surface area (Å²) < 4.78 is 7.58. The van der Waals surface area contributed by atoms with E-state index in [4.69, 9.17) is 1.12 Å². The van der Waals surface area contributed by atoms with Crippen molar-refractivity contribution in [3.63, 3.8) is 0 Å².